The van der Waals surface area contributed by atoms with Gasteiger partial charge in [-0.3, -0.25) is 4.79 Å². The zero-order chi connectivity index (χ0) is 21.7. The van der Waals surface area contributed by atoms with Gasteiger partial charge in [-0.05, 0) is 56.7 Å². The monoisotopic (exact) mass is 445 g/mol. The van der Waals surface area contributed by atoms with Gasteiger partial charge in [0.1, 0.15) is 17.0 Å². The van der Waals surface area contributed by atoms with Crippen LogP contribution < -0.4 is 10.2 Å². The topological polar surface area (TPSA) is 58.4 Å². The molecule has 2 aromatic carbocycles. The molecule has 0 aliphatic carbocycles. The molecule has 5 nitrogen and oxygen atoms in total. The molecule has 0 fully saturated rings. The Labute approximate surface area is 187 Å². The van der Waals surface area contributed by atoms with Crippen LogP contribution in [0, 0.1) is 0 Å². The predicted octanol–water partition coefficient (Wildman–Crippen LogP) is 6.70. The Kier molecular flexibility index (Phi) is 7.40. The molecule has 0 aliphatic heterocycles. The second-order valence-corrected chi connectivity index (χ2v) is 7.66. The minimum absolute atomic E-state index is 0.304. The number of benzene rings is 2. The molecule has 1 aromatic heterocycles. The first-order valence-corrected chi connectivity index (χ1v) is 10.8. The molecule has 30 heavy (non-hydrogen) atoms. The molecule has 0 saturated carbocycles. The number of nitrogens with zero attached hydrogens (tertiary/aromatic N) is 2. The maximum Gasteiger partial charge on any atom is 0.261 e. The number of nitrogens with one attached hydrogen (secondary N) is 1. The third kappa shape index (κ3) is 4.63. The van der Waals surface area contributed by atoms with Gasteiger partial charge in [0.2, 0.25) is 0 Å². The highest BCUT2D eigenvalue weighted by molar-refractivity contribution is 6.39. The summed E-state index contributed by atoms with van der Waals surface area (Å²) in [5, 5.41) is 7.92. The van der Waals surface area contributed by atoms with Gasteiger partial charge in [-0.2, -0.15) is 0 Å². The molecule has 1 N–H and O–H groups in total. The Morgan fingerprint density at radius 1 is 1.03 bits per heavy atom. The first-order chi connectivity index (χ1) is 14.5. The summed E-state index contributed by atoms with van der Waals surface area (Å²) in [6.07, 6.45) is 1.39. The van der Waals surface area contributed by atoms with Gasteiger partial charge in [0.25, 0.3) is 5.91 Å². The minimum atomic E-state index is -0.304. The SMILES string of the molecule is CCCc1onc(-c2c(Cl)cccc2Cl)c1C(=O)Nc1ccc(N(CC)CC)cc1. The lowest BCUT2D eigenvalue weighted by atomic mass is 10.0. The molecular weight excluding hydrogens is 421 g/mol. The number of hydrogen-bond donors (Lipinski definition) is 1. The average molecular weight is 446 g/mol. The Morgan fingerprint density at radius 3 is 2.23 bits per heavy atom. The van der Waals surface area contributed by atoms with E-state index in [2.05, 4.69) is 29.2 Å². The normalized spacial score (nSPS) is 10.8. The zero-order valence-electron chi connectivity index (χ0n) is 17.3. The van der Waals surface area contributed by atoms with Gasteiger partial charge in [0, 0.05) is 36.4 Å². The molecule has 0 aliphatic rings. The van der Waals surface area contributed by atoms with Gasteiger partial charge >= 0.3 is 0 Å². The average Bonchev–Trinajstić information content (AvgIpc) is 3.13. The van der Waals surface area contributed by atoms with E-state index in [4.69, 9.17) is 27.7 Å². The summed E-state index contributed by atoms with van der Waals surface area (Å²) in [6.45, 7) is 8.08. The van der Waals surface area contributed by atoms with Crippen LogP contribution in [0.25, 0.3) is 11.3 Å². The van der Waals surface area contributed by atoms with Crippen molar-refractivity contribution >= 4 is 40.5 Å². The summed E-state index contributed by atoms with van der Waals surface area (Å²) in [4.78, 5) is 15.4. The van der Waals surface area contributed by atoms with E-state index in [0.717, 1.165) is 25.2 Å². The van der Waals surface area contributed by atoms with Crippen LogP contribution in [0.15, 0.2) is 47.0 Å². The fraction of sp³-hybridized carbons (Fsp3) is 0.304. The smallest absolute Gasteiger partial charge is 0.261 e. The van der Waals surface area contributed by atoms with E-state index in [1.807, 2.05) is 31.2 Å². The van der Waals surface area contributed by atoms with E-state index in [1.165, 1.54) is 0 Å². The third-order valence-electron chi connectivity index (χ3n) is 4.92. The van der Waals surface area contributed by atoms with Crippen molar-refractivity contribution in [1.82, 2.24) is 5.16 Å². The first kappa shape index (κ1) is 22.2. The molecule has 158 valence electrons. The third-order valence-corrected chi connectivity index (χ3v) is 5.55. The van der Waals surface area contributed by atoms with Crippen LogP contribution in [0.2, 0.25) is 10.0 Å². The number of halogens is 2. The van der Waals surface area contributed by atoms with Crippen LogP contribution in [0.4, 0.5) is 11.4 Å². The molecule has 0 radical (unpaired) electrons. The summed E-state index contributed by atoms with van der Waals surface area (Å²) in [5.41, 5.74) is 3.01. The van der Waals surface area contributed by atoms with E-state index < -0.39 is 0 Å². The first-order valence-electron chi connectivity index (χ1n) is 10.1. The van der Waals surface area contributed by atoms with E-state index in [0.29, 0.717) is 44.7 Å². The van der Waals surface area contributed by atoms with Crippen LogP contribution in [0.3, 0.4) is 0 Å². The molecule has 1 heterocycles. The molecule has 0 atom stereocenters. The molecular formula is C23H25Cl2N3O2. The standard InChI is InChI=1S/C23H25Cl2N3O2/c1-4-8-19-21(22(27-30-19)20-17(24)9-7-10-18(20)25)23(29)26-15-11-13-16(14-12-15)28(5-2)6-3/h7,9-14H,4-6,8H2,1-3H3,(H,26,29). The lowest BCUT2D eigenvalue weighted by Crippen LogP contribution is -2.21. The highest BCUT2D eigenvalue weighted by atomic mass is 35.5. The van der Waals surface area contributed by atoms with Crippen molar-refractivity contribution < 1.29 is 9.32 Å². The Balaban J connectivity index is 1.94. The maximum absolute atomic E-state index is 13.2. The molecule has 3 aromatic rings. The molecule has 0 bridgehead atoms. The van der Waals surface area contributed by atoms with Crippen LogP contribution in [-0.4, -0.2) is 24.2 Å². The number of rotatable bonds is 8. The molecule has 0 spiro atoms. The van der Waals surface area contributed by atoms with Gasteiger partial charge in [-0.1, -0.05) is 41.3 Å². The van der Waals surface area contributed by atoms with E-state index >= 15 is 0 Å². The van der Waals surface area contributed by atoms with Crippen molar-refractivity contribution in [1.29, 1.82) is 0 Å². The highest BCUT2D eigenvalue weighted by Crippen LogP contribution is 2.37. The van der Waals surface area contributed by atoms with Crippen LogP contribution >= 0.6 is 23.2 Å². The van der Waals surface area contributed by atoms with E-state index in [-0.39, 0.29) is 5.91 Å². The summed E-state index contributed by atoms with van der Waals surface area (Å²) >= 11 is 12.7. The van der Waals surface area contributed by atoms with E-state index in [1.54, 1.807) is 18.2 Å². The number of anilines is 2. The predicted molar refractivity (Wildman–Crippen MR) is 124 cm³/mol. The van der Waals surface area contributed by atoms with Gasteiger partial charge < -0.3 is 14.7 Å². The van der Waals surface area contributed by atoms with Crippen molar-refractivity contribution in [2.75, 3.05) is 23.3 Å². The van der Waals surface area contributed by atoms with Gasteiger partial charge in [0.05, 0.1) is 10.0 Å². The van der Waals surface area contributed by atoms with Gasteiger partial charge in [0.15, 0.2) is 0 Å². The van der Waals surface area contributed by atoms with Crippen molar-refractivity contribution in [3.8, 4) is 11.3 Å². The molecule has 0 unspecified atom stereocenters. The second-order valence-electron chi connectivity index (χ2n) is 6.85. The van der Waals surface area contributed by atoms with Crippen molar-refractivity contribution in [3.63, 3.8) is 0 Å². The zero-order valence-corrected chi connectivity index (χ0v) is 18.8. The molecule has 3 rings (SSSR count). The van der Waals surface area contributed by atoms with Gasteiger partial charge in [-0.15, -0.1) is 0 Å². The van der Waals surface area contributed by atoms with Crippen molar-refractivity contribution in [3.05, 3.63) is 63.8 Å². The van der Waals surface area contributed by atoms with Crippen LogP contribution in [0.1, 0.15) is 43.3 Å². The number of carbonyl (C=O) groups excluding carboxylic acids is 1. The maximum atomic E-state index is 13.2. The number of carbonyl (C=O) groups is 1. The Hall–Kier alpha value is -2.50. The Bertz CT molecular complexity index is 992. The van der Waals surface area contributed by atoms with Gasteiger partial charge in [-0.25, -0.2) is 0 Å². The minimum Gasteiger partial charge on any atom is -0.372 e. The fourth-order valence-corrected chi connectivity index (χ4v) is 3.97. The Morgan fingerprint density at radius 2 is 1.67 bits per heavy atom. The van der Waals surface area contributed by atoms with Crippen molar-refractivity contribution in [2.24, 2.45) is 0 Å². The summed E-state index contributed by atoms with van der Waals surface area (Å²) < 4.78 is 5.50. The summed E-state index contributed by atoms with van der Waals surface area (Å²) in [5.74, 6) is 0.210. The number of aryl methyl sites for hydroxylation is 1. The molecule has 7 heteroatoms. The lowest BCUT2D eigenvalue weighted by Gasteiger charge is -2.21. The van der Waals surface area contributed by atoms with Crippen LogP contribution in [0.5, 0.6) is 0 Å². The second kappa shape index (κ2) is 10.0. The number of hydrogen-bond acceptors (Lipinski definition) is 4. The largest absolute Gasteiger partial charge is 0.372 e. The summed E-state index contributed by atoms with van der Waals surface area (Å²) in [6, 6.07) is 12.9. The van der Waals surface area contributed by atoms with E-state index in [9.17, 15) is 4.79 Å². The van der Waals surface area contributed by atoms with Crippen LogP contribution in [-0.2, 0) is 6.42 Å². The molecule has 1 amide bonds. The lowest BCUT2D eigenvalue weighted by molar-refractivity contribution is 0.102. The number of amides is 1. The highest BCUT2D eigenvalue weighted by Gasteiger charge is 2.26. The number of aromatic nitrogens is 1. The quantitative estimate of drug-likeness (QED) is 0.418. The molecule has 0 saturated heterocycles. The van der Waals surface area contributed by atoms with Crippen molar-refractivity contribution in [2.45, 2.75) is 33.6 Å². The summed E-state index contributed by atoms with van der Waals surface area (Å²) in [7, 11) is 0. The fourth-order valence-electron chi connectivity index (χ4n) is 3.39.